The van der Waals surface area contributed by atoms with Crippen LogP contribution in [0.3, 0.4) is 0 Å². The number of nitrogens with one attached hydrogen (secondary N) is 1. The first-order chi connectivity index (χ1) is 15.4. The molecule has 3 rings (SSSR count). The molecule has 170 valence electrons. The van der Waals surface area contributed by atoms with Crippen LogP contribution in [-0.4, -0.2) is 65.8 Å². The summed E-state index contributed by atoms with van der Waals surface area (Å²) in [6.07, 6.45) is 0.423. The Morgan fingerprint density at radius 1 is 1.38 bits per heavy atom. The lowest BCUT2D eigenvalue weighted by Gasteiger charge is -2.27. The Kier molecular flexibility index (Phi) is 7.90. The fraction of sp³-hybridized carbons (Fsp3) is 0.381. The third-order valence-corrected chi connectivity index (χ3v) is 5.86. The Labute approximate surface area is 189 Å². The van der Waals surface area contributed by atoms with Gasteiger partial charge in [0.15, 0.2) is 0 Å². The number of nitro groups is 1. The Morgan fingerprint density at radius 3 is 2.84 bits per heavy atom. The van der Waals surface area contributed by atoms with Gasteiger partial charge < -0.3 is 15.0 Å². The van der Waals surface area contributed by atoms with Gasteiger partial charge in [0, 0.05) is 38.8 Å². The number of urea groups is 1. The summed E-state index contributed by atoms with van der Waals surface area (Å²) in [6, 6.07) is 9.16. The number of amides is 3. The molecule has 11 heteroatoms. The molecule has 1 atom stereocenters. The summed E-state index contributed by atoms with van der Waals surface area (Å²) in [5.41, 5.74) is 1.29. The molecule has 0 aliphatic carbocycles. The molecule has 10 nitrogen and oxygen atoms in total. The smallest absolute Gasteiger partial charge is 0.317 e. The predicted molar refractivity (Wildman–Crippen MR) is 121 cm³/mol. The summed E-state index contributed by atoms with van der Waals surface area (Å²) < 4.78 is 5.06. The minimum atomic E-state index is -0.502. The molecule has 0 fully saturated rings. The first kappa shape index (κ1) is 23.4. The van der Waals surface area contributed by atoms with Crippen molar-refractivity contribution < 1.29 is 19.2 Å². The zero-order valence-corrected chi connectivity index (χ0v) is 18.7. The van der Waals surface area contributed by atoms with Crippen molar-refractivity contribution in [2.24, 2.45) is 5.10 Å². The van der Waals surface area contributed by atoms with Gasteiger partial charge in [0.2, 0.25) is 0 Å². The second-order valence-electron chi connectivity index (χ2n) is 7.08. The number of hydrazone groups is 1. The van der Waals surface area contributed by atoms with Gasteiger partial charge in [0.05, 0.1) is 28.2 Å². The molecule has 3 amide bonds. The van der Waals surface area contributed by atoms with Crippen molar-refractivity contribution in [3.05, 3.63) is 62.3 Å². The van der Waals surface area contributed by atoms with E-state index in [-0.39, 0.29) is 37.3 Å². The van der Waals surface area contributed by atoms with E-state index in [9.17, 15) is 19.7 Å². The predicted octanol–water partition coefficient (Wildman–Crippen LogP) is 3.01. The second-order valence-corrected chi connectivity index (χ2v) is 8.03. The number of ether oxygens (including phenoxy) is 1. The molecular formula is C21H25N5O5S. The maximum absolute atomic E-state index is 13.3. The van der Waals surface area contributed by atoms with Crippen molar-refractivity contribution in [1.82, 2.24) is 15.2 Å². The fourth-order valence-corrected chi connectivity index (χ4v) is 4.11. The van der Waals surface area contributed by atoms with E-state index in [4.69, 9.17) is 4.74 Å². The molecule has 1 aromatic carbocycles. The third kappa shape index (κ3) is 5.48. The van der Waals surface area contributed by atoms with Crippen molar-refractivity contribution >= 4 is 34.7 Å². The second kappa shape index (κ2) is 10.8. The van der Waals surface area contributed by atoms with Gasteiger partial charge in [-0.1, -0.05) is 18.2 Å². The minimum absolute atomic E-state index is 0.0523. The first-order valence-electron chi connectivity index (χ1n) is 10.1. The van der Waals surface area contributed by atoms with E-state index in [1.807, 2.05) is 17.5 Å². The fourth-order valence-electron chi connectivity index (χ4n) is 3.39. The van der Waals surface area contributed by atoms with Crippen LogP contribution in [0.15, 0.2) is 46.9 Å². The molecule has 1 aliphatic heterocycles. The Bertz CT molecular complexity index is 994. The highest BCUT2D eigenvalue weighted by Gasteiger charge is 2.35. The zero-order chi connectivity index (χ0) is 23.1. The summed E-state index contributed by atoms with van der Waals surface area (Å²) in [7, 11) is 1.52. The lowest BCUT2D eigenvalue weighted by Crippen LogP contribution is -2.47. The van der Waals surface area contributed by atoms with E-state index in [1.165, 1.54) is 40.5 Å². The number of rotatable bonds is 9. The van der Waals surface area contributed by atoms with Gasteiger partial charge in [-0.25, -0.2) is 9.80 Å². The van der Waals surface area contributed by atoms with Gasteiger partial charge in [0.1, 0.15) is 6.54 Å². The van der Waals surface area contributed by atoms with Crippen molar-refractivity contribution in [3.63, 3.8) is 0 Å². The van der Waals surface area contributed by atoms with E-state index >= 15 is 0 Å². The molecule has 32 heavy (non-hydrogen) atoms. The van der Waals surface area contributed by atoms with Gasteiger partial charge >= 0.3 is 6.03 Å². The zero-order valence-electron chi connectivity index (χ0n) is 17.9. The lowest BCUT2D eigenvalue weighted by molar-refractivity contribution is -0.384. The maximum Gasteiger partial charge on any atom is 0.317 e. The number of carbonyl (C=O) groups excluding carboxylic acids is 2. The summed E-state index contributed by atoms with van der Waals surface area (Å²) in [6.45, 7) is 2.55. The van der Waals surface area contributed by atoms with Crippen molar-refractivity contribution in [2.75, 3.05) is 33.4 Å². The van der Waals surface area contributed by atoms with E-state index in [0.717, 1.165) is 10.6 Å². The van der Waals surface area contributed by atoms with Crippen molar-refractivity contribution in [2.45, 2.75) is 19.4 Å². The monoisotopic (exact) mass is 459 g/mol. The molecule has 1 N–H and O–H groups in total. The van der Waals surface area contributed by atoms with Gasteiger partial charge in [0.25, 0.3) is 11.6 Å². The van der Waals surface area contributed by atoms with Crippen LogP contribution in [-0.2, 0) is 9.53 Å². The number of methoxy groups -OCH3 is 1. The Hall–Kier alpha value is -3.31. The molecular weight excluding hydrogens is 434 g/mol. The highest BCUT2D eigenvalue weighted by Crippen LogP contribution is 2.35. The maximum atomic E-state index is 13.3. The SMILES string of the molecule is CCNC(=O)N(CCOC)CC(=O)N1N=C(c2cccs2)CC1c1cccc([N+](=O)[O-])c1. The third-order valence-electron chi connectivity index (χ3n) is 4.94. The molecule has 1 unspecified atom stereocenters. The number of nitro benzene ring substituents is 1. The van der Waals surface area contributed by atoms with Crippen LogP contribution in [0.5, 0.6) is 0 Å². The average molecular weight is 460 g/mol. The van der Waals surface area contributed by atoms with Crippen molar-refractivity contribution in [3.8, 4) is 0 Å². The van der Waals surface area contributed by atoms with Crippen LogP contribution < -0.4 is 5.32 Å². The quantitative estimate of drug-likeness (QED) is 0.457. The van der Waals surface area contributed by atoms with Gasteiger partial charge in [-0.2, -0.15) is 5.10 Å². The van der Waals surface area contributed by atoms with E-state index in [2.05, 4.69) is 10.4 Å². The van der Waals surface area contributed by atoms with Crippen LogP contribution in [0.2, 0.25) is 0 Å². The first-order valence-corrected chi connectivity index (χ1v) is 11.0. The van der Waals surface area contributed by atoms with Gasteiger partial charge in [-0.3, -0.25) is 14.9 Å². The number of carbonyl (C=O) groups is 2. The van der Waals surface area contributed by atoms with Crippen LogP contribution in [0.4, 0.5) is 10.5 Å². The molecule has 2 heterocycles. The molecule has 0 spiro atoms. The van der Waals surface area contributed by atoms with E-state index in [1.54, 1.807) is 19.1 Å². The summed E-state index contributed by atoms with van der Waals surface area (Å²) >= 11 is 1.51. The number of hydrogen-bond donors (Lipinski definition) is 1. The standard InChI is InChI=1S/C21H25N5O5S/c1-3-22-21(28)24(9-10-31-2)14-20(27)25-18(13-17(23-25)19-8-5-11-32-19)15-6-4-7-16(12-15)26(29)30/h4-8,11-12,18H,3,9-10,13-14H2,1-2H3,(H,22,28). The molecule has 1 aromatic heterocycles. The number of hydrogen-bond acceptors (Lipinski definition) is 7. The Morgan fingerprint density at radius 2 is 2.19 bits per heavy atom. The molecule has 2 aromatic rings. The van der Waals surface area contributed by atoms with Gasteiger partial charge in [-0.05, 0) is 23.9 Å². The van der Waals surface area contributed by atoms with Crippen LogP contribution in [0.1, 0.15) is 29.8 Å². The van der Waals surface area contributed by atoms with Crippen LogP contribution in [0, 0.1) is 10.1 Å². The molecule has 0 saturated carbocycles. The van der Waals surface area contributed by atoms with Crippen molar-refractivity contribution in [1.29, 1.82) is 0 Å². The number of nitrogens with zero attached hydrogens (tertiary/aromatic N) is 4. The highest BCUT2D eigenvalue weighted by atomic mass is 32.1. The molecule has 0 radical (unpaired) electrons. The average Bonchev–Trinajstić information content (AvgIpc) is 3.46. The van der Waals surface area contributed by atoms with Crippen LogP contribution >= 0.6 is 11.3 Å². The van der Waals surface area contributed by atoms with E-state index in [0.29, 0.717) is 18.5 Å². The minimum Gasteiger partial charge on any atom is -0.383 e. The molecule has 0 saturated heterocycles. The number of non-ortho nitro benzene ring substituents is 1. The normalized spacial score (nSPS) is 15.4. The molecule has 1 aliphatic rings. The highest BCUT2D eigenvalue weighted by molar-refractivity contribution is 7.12. The Balaban J connectivity index is 1.89. The molecule has 0 bridgehead atoms. The number of benzene rings is 1. The van der Waals surface area contributed by atoms with E-state index < -0.39 is 11.0 Å². The lowest BCUT2D eigenvalue weighted by atomic mass is 10.0. The van der Waals surface area contributed by atoms with Crippen LogP contribution in [0.25, 0.3) is 0 Å². The van der Waals surface area contributed by atoms with Gasteiger partial charge in [-0.15, -0.1) is 11.3 Å². The number of thiophene rings is 1. The summed E-state index contributed by atoms with van der Waals surface area (Å²) in [5.74, 6) is -0.379. The topological polar surface area (TPSA) is 117 Å². The largest absolute Gasteiger partial charge is 0.383 e. The summed E-state index contributed by atoms with van der Waals surface area (Å²) in [5, 5.41) is 21.8. The summed E-state index contributed by atoms with van der Waals surface area (Å²) in [4.78, 5) is 38.8.